The van der Waals surface area contributed by atoms with Crippen LogP contribution < -0.4 is 10.6 Å². The molecule has 1 atom stereocenters. The van der Waals surface area contributed by atoms with Crippen molar-refractivity contribution in [2.75, 3.05) is 32.7 Å². The molecule has 0 spiro atoms. The zero-order valence-corrected chi connectivity index (χ0v) is 10.9. The van der Waals surface area contributed by atoms with Gasteiger partial charge in [0.05, 0.1) is 5.54 Å². The molecule has 2 saturated heterocycles. The van der Waals surface area contributed by atoms with Crippen LogP contribution in [0.4, 0.5) is 0 Å². The molecular formula is C13H25N3O. The molecule has 2 N–H and O–H groups in total. The van der Waals surface area contributed by atoms with E-state index in [1.54, 1.807) is 0 Å². The van der Waals surface area contributed by atoms with Gasteiger partial charge in [0, 0.05) is 19.6 Å². The largest absolute Gasteiger partial charge is 0.340 e. The lowest BCUT2D eigenvalue weighted by atomic mass is 9.90. The van der Waals surface area contributed by atoms with Crippen molar-refractivity contribution in [3.63, 3.8) is 0 Å². The Kier molecular flexibility index (Phi) is 4.40. The zero-order chi connectivity index (χ0) is 12.1. The molecule has 2 heterocycles. The van der Waals surface area contributed by atoms with E-state index in [-0.39, 0.29) is 5.54 Å². The van der Waals surface area contributed by atoms with E-state index in [0.29, 0.717) is 5.91 Å². The molecule has 0 radical (unpaired) electrons. The third-order valence-corrected chi connectivity index (χ3v) is 3.96. The van der Waals surface area contributed by atoms with Gasteiger partial charge in [0.15, 0.2) is 0 Å². The van der Waals surface area contributed by atoms with Gasteiger partial charge >= 0.3 is 0 Å². The van der Waals surface area contributed by atoms with E-state index < -0.39 is 0 Å². The van der Waals surface area contributed by atoms with Crippen molar-refractivity contribution < 1.29 is 4.79 Å². The lowest BCUT2D eigenvalue weighted by Crippen LogP contribution is -2.55. The number of nitrogens with one attached hydrogen (secondary N) is 2. The Morgan fingerprint density at radius 3 is 2.82 bits per heavy atom. The topological polar surface area (TPSA) is 44.4 Å². The van der Waals surface area contributed by atoms with Gasteiger partial charge in [-0.05, 0) is 38.8 Å². The monoisotopic (exact) mass is 239 g/mol. The maximum Gasteiger partial charge on any atom is 0.242 e. The molecule has 0 saturated carbocycles. The van der Waals surface area contributed by atoms with Crippen LogP contribution in [0.25, 0.3) is 0 Å². The predicted octanol–water partition coefficient (Wildman–Crippen LogP) is 0.731. The molecule has 4 heteroatoms. The van der Waals surface area contributed by atoms with Gasteiger partial charge in [-0.1, -0.05) is 13.3 Å². The first-order chi connectivity index (χ1) is 8.28. The van der Waals surface area contributed by atoms with E-state index in [1.807, 2.05) is 0 Å². The summed E-state index contributed by atoms with van der Waals surface area (Å²) in [6.07, 6.45) is 5.29. The van der Waals surface area contributed by atoms with Gasteiger partial charge in [-0.25, -0.2) is 0 Å². The molecule has 98 valence electrons. The van der Waals surface area contributed by atoms with Gasteiger partial charge < -0.3 is 15.5 Å². The Morgan fingerprint density at radius 1 is 1.24 bits per heavy atom. The first-order valence-corrected chi connectivity index (χ1v) is 7.04. The summed E-state index contributed by atoms with van der Waals surface area (Å²) < 4.78 is 0. The maximum atomic E-state index is 12.7. The van der Waals surface area contributed by atoms with E-state index >= 15 is 0 Å². The summed E-state index contributed by atoms with van der Waals surface area (Å²) >= 11 is 0. The highest BCUT2D eigenvalue weighted by Crippen LogP contribution is 2.27. The number of carbonyl (C=O) groups excluding carboxylic acids is 1. The SMILES string of the molecule is CCCC1(C(=O)N2CCCNCC2)CCCN1. The zero-order valence-electron chi connectivity index (χ0n) is 10.9. The molecule has 17 heavy (non-hydrogen) atoms. The average molecular weight is 239 g/mol. The fraction of sp³-hybridized carbons (Fsp3) is 0.923. The molecule has 2 rings (SSSR count). The summed E-state index contributed by atoms with van der Waals surface area (Å²) in [7, 11) is 0. The van der Waals surface area contributed by atoms with Gasteiger partial charge in [0.25, 0.3) is 0 Å². The van der Waals surface area contributed by atoms with Crippen LogP contribution in [0, 0.1) is 0 Å². The normalized spacial score (nSPS) is 30.3. The molecule has 1 amide bonds. The summed E-state index contributed by atoms with van der Waals surface area (Å²) in [5, 5.41) is 6.83. The fourth-order valence-electron chi connectivity index (χ4n) is 3.09. The highest BCUT2D eigenvalue weighted by Gasteiger charge is 2.42. The van der Waals surface area contributed by atoms with E-state index in [9.17, 15) is 4.79 Å². The molecule has 0 aliphatic carbocycles. The van der Waals surface area contributed by atoms with Crippen LogP contribution in [0.15, 0.2) is 0 Å². The standard InChI is InChI=1S/C13H25N3O/c1-2-5-13(6-3-8-15-13)12(17)16-10-4-7-14-9-11-16/h14-15H,2-11H2,1H3. The van der Waals surface area contributed by atoms with E-state index in [4.69, 9.17) is 0 Å². The predicted molar refractivity (Wildman–Crippen MR) is 68.9 cm³/mol. The first kappa shape index (κ1) is 12.8. The fourth-order valence-corrected chi connectivity index (χ4v) is 3.09. The summed E-state index contributed by atoms with van der Waals surface area (Å²) in [5.41, 5.74) is -0.237. The Balaban J connectivity index is 2.04. The third-order valence-electron chi connectivity index (χ3n) is 3.96. The Hall–Kier alpha value is -0.610. The van der Waals surface area contributed by atoms with Crippen molar-refractivity contribution in [1.29, 1.82) is 0 Å². The van der Waals surface area contributed by atoms with Gasteiger partial charge in [-0.2, -0.15) is 0 Å². The van der Waals surface area contributed by atoms with Crippen molar-refractivity contribution >= 4 is 5.91 Å². The van der Waals surface area contributed by atoms with Gasteiger partial charge in [0.2, 0.25) is 5.91 Å². The molecule has 2 aliphatic rings. The van der Waals surface area contributed by atoms with Gasteiger partial charge in [0.1, 0.15) is 0 Å². The summed E-state index contributed by atoms with van der Waals surface area (Å²) in [6.45, 7) is 6.92. The molecule has 0 aromatic rings. The molecule has 0 bridgehead atoms. The Bertz CT molecular complexity index is 253. The van der Waals surface area contributed by atoms with E-state index in [0.717, 1.165) is 64.8 Å². The smallest absolute Gasteiger partial charge is 0.242 e. The second kappa shape index (κ2) is 5.83. The summed E-state index contributed by atoms with van der Waals surface area (Å²) in [6, 6.07) is 0. The van der Waals surface area contributed by atoms with Crippen molar-refractivity contribution in [2.45, 2.75) is 44.6 Å². The minimum Gasteiger partial charge on any atom is -0.340 e. The maximum absolute atomic E-state index is 12.7. The third kappa shape index (κ3) is 2.80. The van der Waals surface area contributed by atoms with Gasteiger partial charge in [-0.3, -0.25) is 4.79 Å². The lowest BCUT2D eigenvalue weighted by molar-refractivity contribution is -0.138. The first-order valence-electron chi connectivity index (χ1n) is 7.04. The molecular weight excluding hydrogens is 214 g/mol. The van der Waals surface area contributed by atoms with Crippen LogP contribution in [0.5, 0.6) is 0 Å². The summed E-state index contributed by atoms with van der Waals surface area (Å²) in [5.74, 6) is 0.348. The van der Waals surface area contributed by atoms with E-state index in [1.165, 1.54) is 0 Å². The molecule has 0 aromatic heterocycles. The summed E-state index contributed by atoms with van der Waals surface area (Å²) in [4.78, 5) is 14.8. The van der Waals surface area contributed by atoms with Crippen LogP contribution in [0.3, 0.4) is 0 Å². The molecule has 2 fully saturated rings. The molecule has 4 nitrogen and oxygen atoms in total. The number of amides is 1. The number of carbonyl (C=O) groups is 1. The second-order valence-corrected chi connectivity index (χ2v) is 5.26. The molecule has 0 aromatic carbocycles. The van der Waals surface area contributed by atoms with E-state index in [2.05, 4.69) is 22.5 Å². The highest BCUT2D eigenvalue weighted by atomic mass is 16.2. The average Bonchev–Trinajstić information content (AvgIpc) is 2.65. The van der Waals surface area contributed by atoms with Crippen molar-refractivity contribution in [3.05, 3.63) is 0 Å². The highest BCUT2D eigenvalue weighted by molar-refractivity contribution is 5.86. The van der Waals surface area contributed by atoms with Crippen LogP contribution >= 0.6 is 0 Å². The second-order valence-electron chi connectivity index (χ2n) is 5.26. The number of nitrogens with zero attached hydrogens (tertiary/aromatic N) is 1. The quantitative estimate of drug-likeness (QED) is 0.763. The minimum absolute atomic E-state index is 0.237. The number of hydrogen-bond acceptors (Lipinski definition) is 3. The van der Waals surface area contributed by atoms with Crippen LogP contribution in [0.2, 0.25) is 0 Å². The number of rotatable bonds is 3. The van der Waals surface area contributed by atoms with Crippen LogP contribution in [-0.2, 0) is 4.79 Å². The number of hydrogen-bond donors (Lipinski definition) is 2. The molecule has 2 aliphatic heterocycles. The van der Waals surface area contributed by atoms with Crippen LogP contribution in [-0.4, -0.2) is 49.1 Å². The Labute approximate surface area is 104 Å². The minimum atomic E-state index is -0.237. The van der Waals surface area contributed by atoms with Crippen molar-refractivity contribution in [1.82, 2.24) is 15.5 Å². The van der Waals surface area contributed by atoms with Crippen molar-refractivity contribution in [3.8, 4) is 0 Å². The Morgan fingerprint density at radius 2 is 2.12 bits per heavy atom. The molecule has 1 unspecified atom stereocenters. The van der Waals surface area contributed by atoms with Gasteiger partial charge in [-0.15, -0.1) is 0 Å². The lowest BCUT2D eigenvalue weighted by Gasteiger charge is -2.34. The van der Waals surface area contributed by atoms with Crippen molar-refractivity contribution in [2.24, 2.45) is 0 Å². The van der Waals surface area contributed by atoms with Crippen LogP contribution in [0.1, 0.15) is 39.0 Å².